The van der Waals surface area contributed by atoms with Crippen molar-refractivity contribution in [3.63, 3.8) is 0 Å². The van der Waals surface area contributed by atoms with Gasteiger partial charge in [0.2, 0.25) is 0 Å². The van der Waals surface area contributed by atoms with Crippen LogP contribution in [0.2, 0.25) is 0 Å². The van der Waals surface area contributed by atoms with Gasteiger partial charge in [-0.25, -0.2) is 0 Å². The lowest BCUT2D eigenvalue weighted by atomic mass is 10.2. The highest BCUT2D eigenvalue weighted by atomic mass is 16.4. The first-order valence-electron chi connectivity index (χ1n) is 3.97. The lowest BCUT2D eigenvalue weighted by molar-refractivity contribution is 0.316. The van der Waals surface area contributed by atoms with E-state index < -0.39 is 0 Å². The molecule has 0 radical (unpaired) electrons. The highest BCUT2D eigenvalue weighted by molar-refractivity contribution is 5.97. The van der Waals surface area contributed by atoms with Gasteiger partial charge >= 0.3 is 0 Å². The zero-order chi connectivity index (χ0) is 9.14. The first-order valence-corrected chi connectivity index (χ1v) is 3.97. The van der Waals surface area contributed by atoms with Gasteiger partial charge in [0.1, 0.15) is 11.5 Å². The van der Waals surface area contributed by atoms with Gasteiger partial charge in [-0.1, -0.05) is 12.1 Å². The molecule has 0 saturated carbocycles. The maximum Gasteiger partial charge on any atom is 0.152 e. The fourth-order valence-electron chi connectivity index (χ4n) is 1.01. The van der Waals surface area contributed by atoms with Crippen molar-refractivity contribution >= 4 is 5.71 Å². The van der Waals surface area contributed by atoms with Gasteiger partial charge in [-0.05, 0) is 31.9 Å². The van der Waals surface area contributed by atoms with Crippen molar-refractivity contribution in [3.05, 3.63) is 23.2 Å². The quantitative estimate of drug-likeness (QED) is 0.418. The van der Waals surface area contributed by atoms with E-state index in [2.05, 4.69) is 5.16 Å². The van der Waals surface area contributed by atoms with Gasteiger partial charge in [-0.2, -0.15) is 0 Å². The van der Waals surface area contributed by atoms with E-state index in [1.165, 1.54) is 0 Å². The molecule has 0 saturated heterocycles. The van der Waals surface area contributed by atoms with Gasteiger partial charge in [0.25, 0.3) is 0 Å². The molecule has 0 aliphatic rings. The van der Waals surface area contributed by atoms with Crippen molar-refractivity contribution in [2.75, 3.05) is 0 Å². The average Bonchev–Trinajstić information content (AvgIpc) is 2.35. The van der Waals surface area contributed by atoms with Crippen LogP contribution >= 0.6 is 0 Å². The number of nitrogens with zero attached hydrogens (tertiary/aromatic N) is 1. The normalized spacial score (nSPS) is 12.1. The summed E-state index contributed by atoms with van der Waals surface area (Å²) in [5.41, 5.74) is 1.67. The van der Waals surface area contributed by atoms with Crippen LogP contribution in [0.3, 0.4) is 0 Å². The Hall–Kier alpha value is -1.25. The highest BCUT2D eigenvalue weighted by Crippen LogP contribution is 2.14. The Bertz CT molecular complexity index is 280. The summed E-state index contributed by atoms with van der Waals surface area (Å²) in [5.74, 6) is 1.54. The van der Waals surface area contributed by atoms with Crippen LogP contribution in [-0.4, -0.2) is 10.9 Å². The molecule has 12 heavy (non-hydrogen) atoms. The SMILES string of the molecule is CC/C(=N\O)c1cc(C)c(C)o1. The third kappa shape index (κ3) is 1.49. The van der Waals surface area contributed by atoms with Crippen molar-refractivity contribution in [2.24, 2.45) is 5.16 Å². The minimum atomic E-state index is 0.589. The number of oxime groups is 1. The predicted molar refractivity (Wildman–Crippen MR) is 46.8 cm³/mol. The molecule has 1 aromatic heterocycles. The fraction of sp³-hybridized carbons (Fsp3) is 0.444. The van der Waals surface area contributed by atoms with E-state index in [1.54, 1.807) is 0 Å². The van der Waals surface area contributed by atoms with Gasteiger partial charge in [0.15, 0.2) is 5.76 Å². The van der Waals surface area contributed by atoms with Gasteiger partial charge < -0.3 is 9.62 Å². The van der Waals surface area contributed by atoms with E-state index in [9.17, 15) is 0 Å². The van der Waals surface area contributed by atoms with Crippen molar-refractivity contribution in [2.45, 2.75) is 27.2 Å². The molecule has 0 aromatic carbocycles. The molecule has 1 N–H and O–H groups in total. The van der Waals surface area contributed by atoms with Crippen LogP contribution in [0.25, 0.3) is 0 Å². The summed E-state index contributed by atoms with van der Waals surface area (Å²) in [5, 5.41) is 11.8. The maximum atomic E-state index is 8.61. The molecular weight excluding hydrogens is 154 g/mol. The van der Waals surface area contributed by atoms with Gasteiger partial charge in [0.05, 0.1) is 0 Å². The Balaban J connectivity index is 3.03. The number of hydrogen-bond donors (Lipinski definition) is 1. The second kappa shape index (κ2) is 3.43. The summed E-state index contributed by atoms with van der Waals surface area (Å²) in [7, 11) is 0. The van der Waals surface area contributed by atoms with E-state index >= 15 is 0 Å². The van der Waals surface area contributed by atoms with Crippen LogP contribution in [0, 0.1) is 13.8 Å². The molecule has 0 atom stereocenters. The van der Waals surface area contributed by atoms with Crippen molar-refractivity contribution in [1.82, 2.24) is 0 Å². The summed E-state index contributed by atoms with van der Waals surface area (Å²) < 4.78 is 5.37. The molecule has 1 rings (SSSR count). The Labute approximate surface area is 71.7 Å². The molecule has 66 valence electrons. The van der Waals surface area contributed by atoms with Gasteiger partial charge in [-0.3, -0.25) is 0 Å². The van der Waals surface area contributed by atoms with Crippen LogP contribution in [0.5, 0.6) is 0 Å². The first-order chi connectivity index (χ1) is 5.69. The van der Waals surface area contributed by atoms with Crippen LogP contribution in [0.15, 0.2) is 15.6 Å². The minimum Gasteiger partial charge on any atom is -0.460 e. The topological polar surface area (TPSA) is 45.7 Å². The molecule has 0 unspecified atom stereocenters. The van der Waals surface area contributed by atoms with Crippen molar-refractivity contribution < 1.29 is 9.62 Å². The highest BCUT2D eigenvalue weighted by Gasteiger charge is 2.08. The molecule has 3 heteroatoms. The summed E-state index contributed by atoms with van der Waals surface area (Å²) in [6, 6.07) is 1.88. The number of rotatable bonds is 2. The minimum absolute atomic E-state index is 0.589. The molecule has 0 amide bonds. The predicted octanol–water partition coefficient (Wildman–Crippen LogP) is 2.48. The Kier molecular flexibility index (Phi) is 2.53. The van der Waals surface area contributed by atoms with Gasteiger partial charge in [0, 0.05) is 0 Å². The summed E-state index contributed by atoms with van der Waals surface area (Å²) in [4.78, 5) is 0. The lowest BCUT2D eigenvalue weighted by Gasteiger charge is -1.93. The fourth-order valence-corrected chi connectivity index (χ4v) is 1.01. The first kappa shape index (κ1) is 8.84. The second-order valence-electron chi connectivity index (χ2n) is 2.75. The smallest absolute Gasteiger partial charge is 0.152 e. The molecule has 1 aromatic rings. The van der Waals surface area contributed by atoms with Crippen LogP contribution in [0.4, 0.5) is 0 Å². The summed E-state index contributed by atoms with van der Waals surface area (Å²) in [6.07, 6.45) is 0.670. The molecule has 0 aliphatic heterocycles. The van der Waals surface area contributed by atoms with Gasteiger partial charge in [-0.15, -0.1) is 0 Å². The third-order valence-corrected chi connectivity index (χ3v) is 1.91. The second-order valence-corrected chi connectivity index (χ2v) is 2.75. The standard InChI is InChI=1S/C9H13NO2/c1-4-8(10-11)9-5-6(2)7(3)12-9/h5,11H,4H2,1-3H3/b10-8+. The van der Waals surface area contributed by atoms with Crippen LogP contribution in [0.1, 0.15) is 30.4 Å². The third-order valence-electron chi connectivity index (χ3n) is 1.91. The zero-order valence-corrected chi connectivity index (χ0v) is 7.59. The number of hydrogen-bond acceptors (Lipinski definition) is 3. The van der Waals surface area contributed by atoms with E-state index in [-0.39, 0.29) is 0 Å². The number of furan rings is 1. The molecule has 0 fully saturated rings. The zero-order valence-electron chi connectivity index (χ0n) is 7.59. The Morgan fingerprint density at radius 1 is 1.58 bits per heavy atom. The molecule has 3 nitrogen and oxygen atoms in total. The summed E-state index contributed by atoms with van der Waals surface area (Å²) >= 11 is 0. The molecule has 1 heterocycles. The molecule has 0 bridgehead atoms. The maximum absolute atomic E-state index is 8.61. The van der Waals surface area contributed by atoms with Crippen LogP contribution < -0.4 is 0 Å². The molecular formula is C9H13NO2. The average molecular weight is 167 g/mol. The van der Waals surface area contributed by atoms with Crippen LogP contribution in [-0.2, 0) is 0 Å². The van der Waals surface area contributed by atoms with E-state index in [0.717, 1.165) is 11.3 Å². The van der Waals surface area contributed by atoms with E-state index in [4.69, 9.17) is 9.62 Å². The Morgan fingerprint density at radius 3 is 2.58 bits per heavy atom. The van der Waals surface area contributed by atoms with E-state index in [1.807, 2.05) is 26.8 Å². The van der Waals surface area contributed by atoms with Crippen molar-refractivity contribution in [1.29, 1.82) is 0 Å². The largest absolute Gasteiger partial charge is 0.460 e. The van der Waals surface area contributed by atoms with E-state index in [0.29, 0.717) is 17.9 Å². The molecule has 0 spiro atoms. The van der Waals surface area contributed by atoms with Crippen molar-refractivity contribution in [3.8, 4) is 0 Å². The lowest BCUT2D eigenvalue weighted by Crippen LogP contribution is -1.95. The number of aryl methyl sites for hydroxylation is 2. The summed E-state index contributed by atoms with van der Waals surface area (Å²) in [6.45, 7) is 5.78. The monoisotopic (exact) mass is 167 g/mol. The molecule has 0 aliphatic carbocycles. The Morgan fingerprint density at radius 2 is 2.25 bits per heavy atom.